The van der Waals surface area contributed by atoms with E-state index in [1.54, 1.807) is 12.3 Å². The zero-order valence-electron chi connectivity index (χ0n) is 13.4. The Morgan fingerprint density at radius 3 is 2.80 bits per heavy atom. The summed E-state index contributed by atoms with van der Waals surface area (Å²) in [5.41, 5.74) is 1.15. The normalized spacial score (nSPS) is 15.8. The molecule has 1 aliphatic rings. The molecule has 1 fully saturated rings. The van der Waals surface area contributed by atoms with Crippen molar-refractivity contribution in [3.05, 3.63) is 81.0 Å². The second kappa shape index (κ2) is 8.22. The van der Waals surface area contributed by atoms with Gasteiger partial charge in [0.1, 0.15) is 5.15 Å². The van der Waals surface area contributed by atoms with Crippen LogP contribution in [-0.2, 0) is 6.54 Å². The molecule has 2 aromatic rings. The zero-order valence-corrected chi connectivity index (χ0v) is 15.0. The second-order valence-electron chi connectivity index (χ2n) is 5.49. The molecule has 0 amide bonds. The van der Waals surface area contributed by atoms with Crippen LogP contribution in [0, 0.1) is 10.1 Å². The monoisotopic (exact) mass is 376 g/mol. The van der Waals surface area contributed by atoms with Gasteiger partial charge in [0.2, 0.25) is 0 Å². The van der Waals surface area contributed by atoms with Crippen LogP contribution in [0.5, 0.6) is 0 Å². The van der Waals surface area contributed by atoms with Gasteiger partial charge in [0.05, 0.1) is 10.7 Å². The van der Waals surface area contributed by atoms with E-state index in [4.69, 9.17) is 11.6 Å². The van der Waals surface area contributed by atoms with E-state index in [1.807, 2.05) is 41.3 Å². The van der Waals surface area contributed by atoms with E-state index in [0.29, 0.717) is 36.4 Å². The van der Waals surface area contributed by atoms with Crippen molar-refractivity contribution in [1.29, 1.82) is 0 Å². The van der Waals surface area contributed by atoms with Gasteiger partial charge >= 0.3 is 0 Å². The predicted molar refractivity (Wildman–Crippen MR) is 98.8 cm³/mol. The Morgan fingerprint density at radius 2 is 2.12 bits per heavy atom. The van der Waals surface area contributed by atoms with Crippen molar-refractivity contribution in [2.45, 2.75) is 11.4 Å². The molecule has 0 bridgehead atoms. The zero-order chi connectivity index (χ0) is 17.6. The number of hydrogen-bond acceptors (Lipinski definition) is 6. The van der Waals surface area contributed by atoms with Crippen molar-refractivity contribution >= 4 is 23.4 Å². The van der Waals surface area contributed by atoms with E-state index in [1.165, 1.54) is 11.8 Å². The largest absolute Gasteiger partial charge is 0.365 e. The standard InChI is InChI=1S/C17H17ClN4O2S/c18-16-7-6-13(10-20-16)11-21-9-8-19-17(21)15(22(23)24)12-25-14-4-2-1-3-5-14/h1-7,10,19H,8-9,11-12H2/b17-15-. The molecule has 0 saturated carbocycles. The van der Waals surface area contributed by atoms with E-state index in [2.05, 4.69) is 10.3 Å². The summed E-state index contributed by atoms with van der Waals surface area (Å²) >= 11 is 7.27. The quantitative estimate of drug-likeness (QED) is 0.360. The molecular formula is C17H17ClN4O2S. The topological polar surface area (TPSA) is 71.3 Å². The number of rotatable bonds is 6. The number of nitrogens with zero attached hydrogens (tertiary/aromatic N) is 3. The third kappa shape index (κ3) is 4.64. The summed E-state index contributed by atoms with van der Waals surface area (Å²) < 4.78 is 0. The summed E-state index contributed by atoms with van der Waals surface area (Å²) in [5, 5.41) is 15.2. The van der Waals surface area contributed by atoms with Crippen molar-refractivity contribution in [3.8, 4) is 0 Å². The van der Waals surface area contributed by atoms with Crippen LogP contribution in [0.1, 0.15) is 5.56 Å². The van der Waals surface area contributed by atoms with Crippen LogP contribution >= 0.6 is 23.4 Å². The van der Waals surface area contributed by atoms with Crippen molar-refractivity contribution in [2.24, 2.45) is 0 Å². The second-order valence-corrected chi connectivity index (χ2v) is 6.93. The Morgan fingerprint density at radius 1 is 1.32 bits per heavy atom. The highest BCUT2D eigenvalue weighted by molar-refractivity contribution is 7.99. The third-order valence-corrected chi connectivity index (χ3v) is 5.01. The highest BCUT2D eigenvalue weighted by atomic mass is 35.5. The molecule has 1 saturated heterocycles. The molecule has 0 spiro atoms. The minimum absolute atomic E-state index is 0.188. The van der Waals surface area contributed by atoms with Gasteiger partial charge in [-0.2, -0.15) is 0 Å². The maximum absolute atomic E-state index is 11.6. The van der Waals surface area contributed by atoms with Crippen molar-refractivity contribution in [1.82, 2.24) is 15.2 Å². The molecule has 25 heavy (non-hydrogen) atoms. The van der Waals surface area contributed by atoms with E-state index in [0.717, 1.165) is 10.5 Å². The summed E-state index contributed by atoms with van der Waals surface area (Å²) in [5.74, 6) is 0.887. The van der Waals surface area contributed by atoms with Crippen LogP contribution in [0.15, 0.2) is 65.1 Å². The lowest BCUT2D eigenvalue weighted by atomic mass is 10.2. The molecule has 1 aromatic heterocycles. The Hall–Kier alpha value is -2.25. The number of hydrogen-bond donors (Lipinski definition) is 1. The number of aromatic nitrogens is 1. The first-order valence-corrected chi connectivity index (χ1v) is 9.14. The minimum atomic E-state index is -0.295. The summed E-state index contributed by atoms with van der Waals surface area (Å²) in [6, 6.07) is 13.3. The summed E-state index contributed by atoms with van der Waals surface area (Å²) in [6.07, 6.45) is 1.70. The van der Waals surface area contributed by atoms with Gasteiger partial charge < -0.3 is 10.2 Å². The lowest BCUT2D eigenvalue weighted by Gasteiger charge is -2.19. The fraction of sp³-hybridized carbons (Fsp3) is 0.235. The van der Waals surface area contributed by atoms with Crippen molar-refractivity contribution < 1.29 is 4.92 Å². The van der Waals surface area contributed by atoms with Gasteiger partial charge in [-0.25, -0.2) is 4.98 Å². The van der Waals surface area contributed by atoms with Crippen molar-refractivity contribution in [2.75, 3.05) is 18.8 Å². The Bertz CT molecular complexity index is 768. The molecule has 1 N–H and O–H groups in total. The van der Waals surface area contributed by atoms with Gasteiger partial charge in [0.15, 0.2) is 5.82 Å². The molecule has 6 nitrogen and oxygen atoms in total. The van der Waals surface area contributed by atoms with Gasteiger partial charge in [0.25, 0.3) is 5.70 Å². The summed E-state index contributed by atoms with van der Waals surface area (Å²) in [6.45, 7) is 1.95. The van der Waals surface area contributed by atoms with Gasteiger partial charge in [-0.3, -0.25) is 10.1 Å². The maximum Gasteiger partial charge on any atom is 0.296 e. The lowest BCUT2D eigenvalue weighted by molar-refractivity contribution is -0.425. The smallest absolute Gasteiger partial charge is 0.296 e. The van der Waals surface area contributed by atoms with Crippen LogP contribution < -0.4 is 5.32 Å². The Kier molecular flexibility index (Phi) is 5.78. The first-order valence-electron chi connectivity index (χ1n) is 7.78. The average Bonchev–Trinajstić information content (AvgIpc) is 3.06. The molecule has 0 atom stereocenters. The van der Waals surface area contributed by atoms with Crippen LogP contribution in [-0.4, -0.2) is 33.6 Å². The first-order chi connectivity index (χ1) is 12.1. The lowest BCUT2D eigenvalue weighted by Crippen LogP contribution is -2.24. The third-order valence-electron chi connectivity index (χ3n) is 3.76. The molecular weight excluding hydrogens is 360 g/mol. The average molecular weight is 377 g/mol. The molecule has 0 unspecified atom stereocenters. The molecule has 3 rings (SSSR count). The van der Waals surface area contributed by atoms with Gasteiger partial charge in [-0.15, -0.1) is 11.8 Å². The predicted octanol–water partition coefficient (Wildman–Crippen LogP) is 3.38. The number of halogens is 1. The van der Waals surface area contributed by atoms with Crippen molar-refractivity contribution in [3.63, 3.8) is 0 Å². The highest BCUT2D eigenvalue weighted by Gasteiger charge is 2.28. The molecule has 2 heterocycles. The molecule has 8 heteroatoms. The number of nitro groups is 1. The van der Waals surface area contributed by atoms with Crippen LogP contribution in [0.25, 0.3) is 0 Å². The number of nitrogens with one attached hydrogen (secondary N) is 1. The number of thioether (sulfide) groups is 1. The minimum Gasteiger partial charge on any atom is -0.365 e. The number of pyridine rings is 1. The SMILES string of the molecule is O=[N+]([O-])/C(CSc1ccccc1)=C1/NCCN1Cc1ccc(Cl)nc1. The number of benzene rings is 1. The molecule has 0 aliphatic carbocycles. The maximum atomic E-state index is 11.6. The molecule has 1 aliphatic heterocycles. The summed E-state index contributed by atoms with van der Waals surface area (Å²) in [4.78, 5) is 18.3. The van der Waals surface area contributed by atoms with Crippen LogP contribution in [0.2, 0.25) is 5.15 Å². The van der Waals surface area contributed by atoms with Gasteiger partial charge in [0, 0.05) is 30.7 Å². The van der Waals surface area contributed by atoms with E-state index >= 15 is 0 Å². The first kappa shape index (κ1) is 17.6. The van der Waals surface area contributed by atoms with Gasteiger partial charge in [-0.05, 0) is 23.8 Å². The molecule has 130 valence electrons. The fourth-order valence-electron chi connectivity index (χ4n) is 2.57. The molecule has 0 radical (unpaired) electrons. The van der Waals surface area contributed by atoms with Crippen LogP contribution in [0.4, 0.5) is 0 Å². The van der Waals surface area contributed by atoms with Gasteiger partial charge in [-0.1, -0.05) is 35.9 Å². The Balaban J connectivity index is 1.77. The molecule has 1 aromatic carbocycles. The van der Waals surface area contributed by atoms with E-state index in [9.17, 15) is 10.1 Å². The highest BCUT2D eigenvalue weighted by Crippen LogP contribution is 2.24. The van der Waals surface area contributed by atoms with E-state index in [-0.39, 0.29) is 10.6 Å². The van der Waals surface area contributed by atoms with Crippen LogP contribution in [0.3, 0.4) is 0 Å². The van der Waals surface area contributed by atoms with E-state index < -0.39 is 0 Å². The Labute approximate surface area is 155 Å². The fourth-order valence-corrected chi connectivity index (χ4v) is 3.58. The summed E-state index contributed by atoms with van der Waals surface area (Å²) in [7, 11) is 0.